The van der Waals surface area contributed by atoms with Crippen LogP contribution in [0.25, 0.3) is 10.8 Å². The van der Waals surface area contributed by atoms with Crippen molar-refractivity contribution in [3.63, 3.8) is 0 Å². The van der Waals surface area contributed by atoms with E-state index in [1.54, 1.807) is 6.21 Å². The van der Waals surface area contributed by atoms with Gasteiger partial charge in [0.25, 0.3) is 5.56 Å². The van der Waals surface area contributed by atoms with Gasteiger partial charge < -0.3 is 0 Å². The number of hydrazone groups is 1. The van der Waals surface area contributed by atoms with Crippen molar-refractivity contribution in [2.45, 2.75) is 0 Å². The van der Waals surface area contributed by atoms with Crippen molar-refractivity contribution in [3.8, 4) is 0 Å². The molecule has 0 fully saturated rings. The number of nitrogens with zero attached hydrogens (tertiary/aromatic N) is 2. The maximum absolute atomic E-state index is 11.3. The Labute approximate surface area is 125 Å². The molecule has 0 atom stereocenters. The van der Waals surface area contributed by atoms with E-state index in [0.717, 1.165) is 10.9 Å². The average Bonchev–Trinajstić information content (AvgIpc) is 2.51. The summed E-state index contributed by atoms with van der Waals surface area (Å²) in [5, 5.41) is 12.3. The Morgan fingerprint density at radius 2 is 2.00 bits per heavy atom. The number of aromatic nitrogens is 2. The Kier molecular flexibility index (Phi) is 3.66. The summed E-state index contributed by atoms with van der Waals surface area (Å²) in [6.07, 6.45) is 3.06. The van der Waals surface area contributed by atoms with Gasteiger partial charge in [0, 0.05) is 0 Å². The van der Waals surface area contributed by atoms with Crippen LogP contribution in [0.3, 0.4) is 0 Å². The second-order valence-electron chi connectivity index (χ2n) is 4.40. The second-order valence-corrected chi connectivity index (χ2v) is 4.78. The number of hydrogen-bond donors (Lipinski definition) is 2. The smallest absolute Gasteiger partial charge is 0.275 e. The SMILES string of the molecule is O=c1[nH]ncc(N/N=C\c2ccc3ccccc3c2)c1Cl. The zero-order valence-electron chi connectivity index (χ0n) is 10.9. The fraction of sp³-hybridized carbons (Fsp3) is 0. The molecule has 0 aliphatic heterocycles. The van der Waals surface area contributed by atoms with Crippen molar-refractivity contribution in [1.82, 2.24) is 10.2 Å². The zero-order chi connectivity index (χ0) is 14.7. The molecular formula is C15H11ClN4O. The molecule has 1 aromatic heterocycles. The molecule has 0 aliphatic rings. The lowest BCUT2D eigenvalue weighted by molar-refractivity contribution is 0.987. The topological polar surface area (TPSA) is 70.1 Å². The van der Waals surface area contributed by atoms with Gasteiger partial charge in [-0.2, -0.15) is 10.2 Å². The molecule has 0 aliphatic carbocycles. The highest BCUT2D eigenvalue weighted by atomic mass is 35.5. The number of fused-ring (bicyclic) bond motifs is 1. The minimum Gasteiger partial charge on any atom is -0.275 e. The normalized spacial score (nSPS) is 11.1. The molecule has 2 N–H and O–H groups in total. The summed E-state index contributed by atoms with van der Waals surface area (Å²) in [6.45, 7) is 0. The maximum atomic E-state index is 11.3. The number of halogens is 1. The monoisotopic (exact) mass is 298 g/mol. The standard InChI is InChI=1S/C15H11ClN4O/c16-14-13(9-18-20-15(14)21)19-17-8-10-5-6-11-3-1-2-4-12(11)7-10/h1-9H,(H2,19,20,21)/b17-8-. The lowest BCUT2D eigenvalue weighted by atomic mass is 10.1. The van der Waals surface area contributed by atoms with Crippen LogP contribution in [0.5, 0.6) is 0 Å². The summed E-state index contributed by atoms with van der Waals surface area (Å²) in [6, 6.07) is 14.1. The number of anilines is 1. The number of H-pyrrole nitrogens is 1. The first-order chi connectivity index (χ1) is 10.2. The minimum absolute atomic E-state index is 0.0284. The van der Waals surface area contributed by atoms with Crippen LogP contribution in [0.2, 0.25) is 5.02 Å². The van der Waals surface area contributed by atoms with Crippen LogP contribution in [-0.2, 0) is 0 Å². The minimum atomic E-state index is -0.456. The molecule has 3 aromatic rings. The van der Waals surface area contributed by atoms with Gasteiger partial charge in [0.2, 0.25) is 0 Å². The van der Waals surface area contributed by atoms with E-state index in [1.165, 1.54) is 11.6 Å². The largest absolute Gasteiger partial charge is 0.285 e. The molecule has 0 bridgehead atoms. The second kappa shape index (κ2) is 5.76. The molecular weight excluding hydrogens is 288 g/mol. The van der Waals surface area contributed by atoms with Gasteiger partial charge in [-0.1, -0.05) is 48.0 Å². The van der Waals surface area contributed by atoms with Gasteiger partial charge in [-0.05, 0) is 22.4 Å². The molecule has 104 valence electrons. The highest BCUT2D eigenvalue weighted by Gasteiger charge is 2.02. The Bertz CT molecular complexity index is 873. The number of aromatic amines is 1. The van der Waals surface area contributed by atoms with E-state index in [-0.39, 0.29) is 5.02 Å². The van der Waals surface area contributed by atoms with E-state index in [1.807, 2.05) is 36.4 Å². The van der Waals surface area contributed by atoms with E-state index in [0.29, 0.717) is 5.69 Å². The van der Waals surface area contributed by atoms with Gasteiger partial charge in [-0.25, -0.2) is 5.10 Å². The fourth-order valence-corrected chi connectivity index (χ4v) is 2.06. The molecule has 0 amide bonds. The third-order valence-electron chi connectivity index (χ3n) is 2.97. The maximum Gasteiger partial charge on any atom is 0.285 e. The highest BCUT2D eigenvalue weighted by molar-refractivity contribution is 6.32. The number of rotatable bonds is 3. The summed E-state index contributed by atoms with van der Waals surface area (Å²) in [5.41, 5.74) is 3.55. The van der Waals surface area contributed by atoms with Gasteiger partial charge in [0.1, 0.15) is 10.7 Å². The lowest BCUT2D eigenvalue weighted by Gasteiger charge is -2.01. The third-order valence-corrected chi connectivity index (χ3v) is 3.34. The quantitative estimate of drug-likeness (QED) is 0.577. The first-order valence-corrected chi connectivity index (χ1v) is 6.63. The van der Waals surface area contributed by atoms with Gasteiger partial charge in [0.15, 0.2) is 0 Å². The third kappa shape index (κ3) is 2.93. The van der Waals surface area contributed by atoms with Crippen molar-refractivity contribution in [2.75, 3.05) is 5.43 Å². The van der Waals surface area contributed by atoms with Crippen LogP contribution in [0.4, 0.5) is 5.69 Å². The van der Waals surface area contributed by atoms with E-state index in [4.69, 9.17) is 11.6 Å². The Balaban J connectivity index is 1.81. The van der Waals surface area contributed by atoms with Gasteiger partial charge >= 0.3 is 0 Å². The molecule has 3 rings (SSSR count). The number of nitrogens with one attached hydrogen (secondary N) is 2. The van der Waals surface area contributed by atoms with Gasteiger partial charge in [0.05, 0.1) is 12.4 Å². The molecule has 6 heteroatoms. The predicted octanol–water partition coefficient (Wildman–Crippen LogP) is 3.02. The first-order valence-electron chi connectivity index (χ1n) is 6.25. The molecule has 0 spiro atoms. The molecule has 0 saturated carbocycles. The van der Waals surface area contributed by atoms with E-state index >= 15 is 0 Å². The highest BCUT2D eigenvalue weighted by Crippen LogP contribution is 2.16. The van der Waals surface area contributed by atoms with Gasteiger partial charge in [-0.3, -0.25) is 10.2 Å². The molecule has 0 radical (unpaired) electrons. The van der Waals surface area contributed by atoms with Gasteiger partial charge in [-0.15, -0.1) is 0 Å². The van der Waals surface area contributed by atoms with Crippen LogP contribution in [-0.4, -0.2) is 16.4 Å². The summed E-state index contributed by atoms with van der Waals surface area (Å²) in [5.74, 6) is 0. The summed E-state index contributed by atoms with van der Waals surface area (Å²) >= 11 is 5.83. The fourth-order valence-electron chi connectivity index (χ4n) is 1.93. The molecule has 21 heavy (non-hydrogen) atoms. The molecule has 0 saturated heterocycles. The number of hydrogen-bond acceptors (Lipinski definition) is 4. The molecule has 1 heterocycles. The molecule has 2 aromatic carbocycles. The van der Waals surface area contributed by atoms with Crippen LogP contribution in [0.1, 0.15) is 5.56 Å². The summed E-state index contributed by atoms with van der Waals surface area (Å²) in [4.78, 5) is 11.3. The van der Waals surface area contributed by atoms with Crippen LogP contribution in [0.15, 0.2) is 58.6 Å². The van der Waals surface area contributed by atoms with Crippen LogP contribution in [0, 0.1) is 0 Å². The van der Waals surface area contributed by atoms with Crippen LogP contribution >= 0.6 is 11.6 Å². The van der Waals surface area contributed by atoms with Crippen molar-refractivity contribution in [3.05, 3.63) is 69.6 Å². The Hall–Kier alpha value is -2.66. The average molecular weight is 299 g/mol. The Morgan fingerprint density at radius 3 is 2.86 bits per heavy atom. The summed E-state index contributed by atoms with van der Waals surface area (Å²) in [7, 11) is 0. The zero-order valence-corrected chi connectivity index (χ0v) is 11.6. The first kappa shape index (κ1) is 13.3. The van der Waals surface area contributed by atoms with E-state index in [9.17, 15) is 4.79 Å². The lowest BCUT2D eigenvalue weighted by Crippen LogP contribution is -2.10. The number of benzene rings is 2. The van der Waals surface area contributed by atoms with Crippen molar-refractivity contribution in [2.24, 2.45) is 5.10 Å². The molecule has 5 nitrogen and oxygen atoms in total. The van der Waals surface area contributed by atoms with E-state index in [2.05, 4.69) is 26.8 Å². The Morgan fingerprint density at radius 1 is 1.19 bits per heavy atom. The van der Waals surface area contributed by atoms with Crippen molar-refractivity contribution < 1.29 is 0 Å². The van der Waals surface area contributed by atoms with Crippen LogP contribution < -0.4 is 11.0 Å². The van der Waals surface area contributed by atoms with E-state index < -0.39 is 5.56 Å². The predicted molar refractivity (Wildman–Crippen MR) is 85.0 cm³/mol. The summed E-state index contributed by atoms with van der Waals surface area (Å²) < 4.78 is 0. The van der Waals surface area contributed by atoms with Crippen molar-refractivity contribution >= 4 is 34.3 Å². The van der Waals surface area contributed by atoms with Crippen molar-refractivity contribution in [1.29, 1.82) is 0 Å². The molecule has 0 unspecified atom stereocenters.